The van der Waals surface area contributed by atoms with Gasteiger partial charge < -0.3 is 25.7 Å². The zero-order chi connectivity index (χ0) is 28.9. The van der Waals surface area contributed by atoms with Crippen LogP contribution in [0.2, 0.25) is 0 Å². The quantitative estimate of drug-likeness (QED) is 0.198. The van der Waals surface area contributed by atoms with Crippen molar-refractivity contribution in [3.05, 3.63) is 35.9 Å². The summed E-state index contributed by atoms with van der Waals surface area (Å²) in [5, 5.41) is 27.9. The molecule has 3 rings (SSSR count). The van der Waals surface area contributed by atoms with Gasteiger partial charge in [0.05, 0.1) is 24.0 Å². The van der Waals surface area contributed by atoms with Gasteiger partial charge in [-0.3, -0.25) is 9.59 Å². The maximum atomic E-state index is 13.3. The lowest BCUT2D eigenvalue weighted by atomic mass is 9.82. The molecule has 0 spiro atoms. The van der Waals surface area contributed by atoms with Crippen LogP contribution >= 0.6 is 11.8 Å². The predicted octanol–water partition coefficient (Wildman–Crippen LogP) is 3.87. The number of aliphatic hydroxyl groups excluding tert-OH is 2. The van der Waals surface area contributed by atoms with E-state index in [9.17, 15) is 19.8 Å². The number of carbonyl (C=O) groups excluding carboxylic acids is 2. The third-order valence-corrected chi connectivity index (χ3v) is 9.55. The lowest BCUT2D eigenvalue weighted by molar-refractivity contribution is -0.128. The number of thioether (sulfide) groups is 1. The maximum absolute atomic E-state index is 13.3. The molecule has 2 aliphatic rings. The number of benzene rings is 1. The molecule has 0 bridgehead atoms. The SMILES string of the molecule is CC(CNC(=O)C(CSCCN(C)C)Cc1ccccc1)C(=O)NC(CC1CCCCC1)C(O)C(O)CC1CC1. The largest absolute Gasteiger partial charge is 0.390 e. The third kappa shape index (κ3) is 12.1. The highest BCUT2D eigenvalue weighted by atomic mass is 32.2. The second-order valence-corrected chi connectivity index (χ2v) is 13.7. The van der Waals surface area contributed by atoms with Crippen LogP contribution in [0.5, 0.6) is 0 Å². The first-order valence-electron chi connectivity index (χ1n) is 15.4. The van der Waals surface area contributed by atoms with Crippen LogP contribution in [0.25, 0.3) is 0 Å². The van der Waals surface area contributed by atoms with E-state index in [0.29, 0.717) is 31.1 Å². The zero-order valence-corrected chi connectivity index (χ0v) is 25.7. The fourth-order valence-electron chi connectivity index (χ4n) is 5.58. The van der Waals surface area contributed by atoms with Crippen molar-refractivity contribution in [1.29, 1.82) is 0 Å². The fourth-order valence-corrected chi connectivity index (χ4v) is 6.80. The standard InChI is InChI=1S/C32H53N3O4S/c1-23(21-33-32(39)27(22-40-17-16-35(2)3)18-24-10-6-4-7-11-24)31(38)34-28(19-25-12-8-5-9-13-25)30(37)29(36)20-26-14-15-26/h4,6-7,10-11,23,25-30,36-37H,5,8-9,12-22H2,1-3H3,(H,33,39)(H,34,38). The molecule has 0 aliphatic heterocycles. The van der Waals surface area contributed by atoms with Gasteiger partial charge in [0.15, 0.2) is 0 Å². The summed E-state index contributed by atoms with van der Waals surface area (Å²) in [5.74, 6) is 1.81. The summed E-state index contributed by atoms with van der Waals surface area (Å²) < 4.78 is 0. The number of hydrogen-bond donors (Lipinski definition) is 4. The van der Waals surface area contributed by atoms with E-state index in [1.807, 2.05) is 39.2 Å². The summed E-state index contributed by atoms with van der Waals surface area (Å²) in [6.07, 6.45) is 8.22. The molecule has 2 amide bonds. The van der Waals surface area contributed by atoms with Gasteiger partial charge in [0.1, 0.15) is 6.10 Å². The van der Waals surface area contributed by atoms with E-state index in [4.69, 9.17) is 0 Å². The smallest absolute Gasteiger partial charge is 0.224 e. The number of aliphatic hydroxyl groups is 2. The lowest BCUT2D eigenvalue weighted by Gasteiger charge is -2.33. The third-order valence-electron chi connectivity index (χ3n) is 8.45. The molecule has 5 atom stereocenters. The van der Waals surface area contributed by atoms with E-state index in [2.05, 4.69) is 27.7 Å². The fraction of sp³-hybridized carbons (Fsp3) is 0.750. The van der Waals surface area contributed by atoms with Gasteiger partial charge in [-0.2, -0.15) is 11.8 Å². The van der Waals surface area contributed by atoms with Crippen LogP contribution in [0.1, 0.15) is 70.3 Å². The number of rotatable bonds is 18. The Hall–Kier alpha value is -1.61. The summed E-state index contributed by atoms with van der Waals surface area (Å²) in [6.45, 7) is 3.03. The van der Waals surface area contributed by atoms with Gasteiger partial charge >= 0.3 is 0 Å². The maximum Gasteiger partial charge on any atom is 0.224 e. The van der Waals surface area contributed by atoms with Gasteiger partial charge in [0, 0.05) is 24.6 Å². The summed E-state index contributed by atoms with van der Waals surface area (Å²) >= 11 is 1.78. The van der Waals surface area contributed by atoms with Crippen molar-refractivity contribution in [2.24, 2.45) is 23.7 Å². The highest BCUT2D eigenvalue weighted by molar-refractivity contribution is 7.99. The first-order chi connectivity index (χ1) is 19.2. The van der Waals surface area contributed by atoms with Crippen molar-refractivity contribution in [3.63, 3.8) is 0 Å². The van der Waals surface area contributed by atoms with Crippen LogP contribution < -0.4 is 10.6 Å². The van der Waals surface area contributed by atoms with Crippen molar-refractivity contribution in [3.8, 4) is 0 Å². The average Bonchev–Trinajstić information content (AvgIpc) is 3.77. The second kappa shape index (κ2) is 17.4. The number of nitrogens with one attached hydrogen (secondary N) is 2. The Morgan fingerprint density at radius 3 is 2.30 bits per heavy atom. The van der Waals surface area contributed by atoms with Crippen molar-refractivity contribution in [2.45, 2.75) is 89.4 Å². The summed E-state index contributed by atoms with van der Waals surface area (Å²) in [4.78, 5) is 28.6. The van der Waals surface area contributed by atoms with E-state index in [1.165, 1.54) is 19.3 Å². The minimum Gasteiger partial charge on any atom is -0.390 e. The molecule has 0 heterocycles. The van der Waals surface area contributed by atoms with Crippen LogP contribution in [0, 0.1) is 23.7 Å². The second-order valence-electron chi connectivity index (χ2n) is 12.5. The number of amides is 2. The van der Waals surface area contributed by atoms with E-state index in [0.717, 1.165) is 49.3 Å². The van der Waals surface area contributed by atoms with E-state index in [1.54, 1.807) is 11.8 Å². The number of carbonyl (C=O) groups is 2. The molecule has 2 fully saturated rings. The Morgan fingerprint density at radius 2 is 1.65 bits per heavy atom. The molecule has 40 heavy (non-hydrogen) atoms. The normalized spacial score (nSPS) is 19.9. The van der Waals surface area contributed by atoms with Crippen LogP contribution in [-0.2, 0) is 16.0 Å². The van der Waals surface area contributed by atoms with Crippen molar-refractivity contribution in [1.82, 2.24) is 15.5 Å². The zero-order valence-electron chi connectivity index (χ0n) is 24.9. The van der Waals surface area contributed by atoms with E-state index in [-0.39, 0.29) is 24.3 Å². The molecule has 226 valence electrons. The summed E-state index contributed by atoms with van der Waals surface area (Å²) in [7, 11) is 4.10. The van der Waals surface area contributed by atoms with Crippen LogP contribution in [-0.4, -0.2) is 83.9 Å². The van der Waals surface area contributed by atoms with Gasteiger partial charge in [-0.1, -0.05) is 82.2 Å². The number of nitrogens with zero attached hydrogens (tertiary/aromatic N) is 1. The topological polar surface area (TPSA) is 102 Å². The molecule has 5 unspecified atom stereocenters. The summed E-state index contributed by atoms with van der Waals surface area (Å²) in [5.41, 5.74) is 1.13. The van der Waals surface area contributed by atoms with Crippen LogP contribution in [0.3, 0.4) is 0 Å². The van der Waals surface area contributed by atoms with Gasteiger partial charge in [0.2, 0.25) is 11.8 Å². The highest BCUT2D eigenvalue weighted by Crippen LogP contribution is 2.35. The van der Waals surface area contributed by atoms with E-state index < -0.39 is 24.2 Å². The molecule has 0 saturated heterocycles. The molecule has 2 aliphatic carbocycles. The van der Waals surface area contributed by atoms with Gasteiger partial charge in [-0.25, -0.2) is 0 Å². The van der Waals surface area contributed by atoms with Crippen LogP contribution in [0.15, 0.2) is 30.3 Å². The van der Waals surface area contributed by atoms with Crippen molar-refractivity contribution >= 4 is 23.6 Å². The lowest BCUT2D eigenvalue weighted by Crippen LogP contribution is -2.52. The molecule has 1 aromatic carbocycles. The molecule has 8 heteroatoms. The van der Waals surface area contributed by atoms with Gasteiger partial charge in [-0.15, -0.1) is 0 Å². The van der Waals surface area contributed by atoms with Gasteiger partial charge in [-0.05, 0) is 50.8 Å². The molecular formula is C32H53N3O4S. The Morgan fingerprint density at radius 1 is 0.975 bits per heavy atom. The van der Waals surface area contributed by atoms with Gasteiger partial charge in [0.25, 0.3) is 0 Å². The van der Waals surface area contributed by atoms with Crippen molar-refractivity contribution < 1.29 is 19.8 Å². The highest BCUT2D eigenvalue weighted by Gasteiger charge is 2.35. The molecule has 4 N–H and O–H groups in total. The molecule has 0 radical (unpaired) electrons. The molecule has 7 nitrogen and oxygen atoms in total. The summed E-state index contributed by atoms with van der Waals surface area (Å²) in [6, 6.07) is 9.60. The predicted molar refractivity (Wildman–Crippen MR) is 164 cm³/mol. The monoisotopic (exact) mass is 575 g/mol. The average molecular weight is 576 g/mol. The van der Waals surface area contributed by atoms with Crippen LogP contribution in [0.4, 0.5) is 0 Å². The Labute approximate surface area is 246 Å². The first kappa shape index (κ1) is 32.9. The minimum absolute atomic E-state index is 0.0282. The Bertz CT molecular complexity index is 876. The first-order valence-corrected chi connectivity index (χ1v) is 16.6. The van der Waals surface area contributed by atoms with E-state index >= 15 is 0 Å². The van der Waals surface area contributed by atoms with Crippen molar-refractivity contribution in [2.75, 3.05) is 38.7 Å². The number of hydrogen-bond acceptors (Lipinski definition) is 6. The minimum atomic E-state index is -0.970. The molecule has 2 saturated carbocycles. The Balaban J connectivity index is 1.54. The Kier molecular flexibility index (Phi) is 14.3. The molecule has 1 aromatic rings. The molecular weight excluding hydrogens is 522 g/mol. The molecule has 0 aromatic heterocycles.